The Balaban J connectivity index is 1.62. The van der Waals surface area contributed by atoms with Crippen molar-refractivity contribution in [2.24, 2.45) is 0 Å². The third-order valence-corrected chi connectivity index (χ3v) is 5.39. The zero-order valence-electron chi connectivity index (χ0n) is 14.2. The van der Waals surface area contributed by atoms with Crippen LogP contribution in [0.15, 0.2) is 18.7 Å². The van der Waals surface area contributed by atoms with E-state index in [4.69, 9.17) is 0 Å². The molecule has 2 heterocycles. The van der Waals surface area contributed by atoms with Crippen molar-refractivity contribution in [1.29, 1.82) is 0 Å². The molecular weight excluding hydrogens is 288 g/mol. The fraction of sp³-hybridized carbons (Fsp3) is 0.722. The van der Waals surface area contributed by atoms with Crippen molar-refractivity contribution in [2.45, 2.75) is 70.5 Å². The summed E-state index contributed by atoms with van der Waals surface area (Å²) in [5.41, 5.74) is 1.01. The van der Waals surface area contributed by atoms with Crippen LogP contribution in [0.25, 0.3) is 0 Å². The lowest BCUT2D eigenvalue weighted by Crippen LogP contribution is -2.40. The highest BCUT2D eigenvalue weighted by molar-refractivity contribution is 5.73. The van der Waals surface area contributed by atoms with Gasteiger partial charge in [0.15, 0.2) is 0 Å². The van der Waals surface area contributed by atoms with Crippen LogP contribution in [0.3, 0.4) is 0 Å². The van der Waals surface area contributed by atoms with Crippen molar-refractivity contribution < 1.29 is 4.79 Å². The first-order valence-electron chi connectivity index (χ1n) is 8.99. The maximum atomic E-state index is 12.2. The first-order valence-corrected chi connectivity index (χ1v) is 8.99. The van der Waals surface area contributed by atoms with E-state index in [-0.39, 0.29) is 5.91 Å². The Morgan fingerprint density at radius 1 is 1.13 bits per heavy atom. The highest BCUT2D eigenvalue weighted by Gasteiger charge is 2.28. The summed E-state index contributed by atoms with van der Waals surface area (Å²) in [6.07, 6.45) is 14.0. The number of hydrogen-bond donors (Lipinski definition) is 0. The molecule has 5 heteroatoms. The van der Waals surface area contributed by atoms with Gasteiger partial charge >= 0.3 is 0 Å². The van der Waals surface area contributed by atoms with Crippen LogP contribution in [0.1, 0.15) is 57.4 Å². The highest BCUT2D eigenvalue weighted by Crippen LogP contribution is 2.27. The minimum atomic E-state index is 0.160. The average Bonchev–Trinajstić information content (AvgIpc) is 2.99. The fourth-order valence-electron chi connectivity index (χ4n) is 4.15. The summed E-state index contributed by atoms with van der Waals surface area (Å²) in [5, 5.41) is 0. The molecule has 126 valence electrons. The molecule has 0 spiro atoms. The van der Waals surface area contributed by atoms with Crippen molar-refractivity contribution in [3.63, 3.8) is 0 Å². The molecule has 1 aromatic heterocycles. The largest absolute Gasteiger partial charge is 0.335 e. The molecule has 3 rings (SSSR count). The molecule has 1 aliphatic heterocycles. The van der Waals surface area contributed by atoms with Gasteiger partial charge < -0.3 is 9.80 Å². The van der Waals surface area contributed by atoms with Crippen molar-refractivity contribution in [3.05, 3.63) is 24.3 Å². The molecule has 2 fully saturated rings. The number of carbonyl (C=O) groups is 1. The van der Waals surface area contributed by atoms with Crippen molar-refractivity contribution in [3.8, 4) is 0 Å². The molecule has 0 aromatic carbocycles. The summed E-state index contributed by atoms with van der Waals surface area (Å²) in [7, 11) is 0. The van der Waals surface area contributed by atoms with E-state index < -0.39 is 0 Å². The second kappa shape index (κ2) is 7.86. The van der Waals surface area contributed by atoms with Crippen LogP contribution in [0, 0.1) is 0 Å². The number of nitrogens with zero attached hydrogens (tertiary/aromatic N) is 4. The molecule has 5 nitrogen and oxygen atoms in total. The Bertz CT molecular complexity index is 501. The van der Waals surface area contributed by atoms with Gasteiger partial charge in [-0.25, -0.2) is 9.97 Å². The lowest BCUT2D eigenvalue weighted by Gasteiger charge is -2.31. The van der Waals surface area contributed by atoms with Gasteiger partial charge in [-0.3, -0.25) is 4.79 Å². The number of aromatic nitrogens is 2. The molecule has 1 aromatic rings. The molecule has 0 unspecified atom stereocenters. The van der Waals surface area contributed by atoms with Gasteiger partial charge in [0, 0.05) is 50.1 Å². The molecule has 1 saturated carbocycles. The van der Waals surface area contributed by atoms with E-state index in [0.29, 0.717) is 12.6 Å². The van der Waals surface area contributed by atoms with E-state index in [1.165, 1.54) is 45.0 Å². The summed E-state index contributed by atoms with van der Waals surface area (Å²) in [4.78, 5) is 25.0. The van der Waals surface area contributed by atoms with Gasteiger partial charge in [-0.15, -0.1) is 0 Å². The number of amides is 1. The molecule has 0 bridgehead atoms. The van der Waals surface area contributed by atoms with Gasteiger partial charge in [0.1, 0.15) is 6.33 Å². The SMILES string of the molecule is CC(=O)N(Cc1cncnc1)[C@H]1CCCN(C2CCCC2)CC1. The standard InChI is InChI=1S/C18H28N4O/c1-15(23)22(13-16-11-19-14-20-12-16)18-7-4-9-21(10-8-18)17-5-2-3-6-17/h11-12,14,17-18H,2-10,13H2,1H3/t18-/m0/s1. The van der Waals surface area contributed by atoms with Gasteiger partial charge in [-0.05, 0) is 38.6 Å². The topological polar surface area (TPSA) is 49.3 Å². The number of carbonyl (C=O) groups excluding carboxylic acids is 1. The van der Waals surface area contributed by atoms with Gasteiger partial charge in [-0.1, -0.05) is 12.8 Å². The van der Waals surface area contributed by atoms with Gasteiger partial charge in [0.2, 0.25) is 5.91 Å². The second-order valence-electron chi connectivity index (χ2n) is 6.95. The Morgan fingerprint density at radius 2 is 1.87 bits per heavy atom. The minimum absolute atomic E-state index is 0.160. The summed E-state index contributed by atoms with van der Waals surface area (Å²) >= 11 is 0. The monoisotopic (exact) mass is 316 g/mol. The average molecular weight is 316 g/mol. The molecule has 23 heavy (non-hydrogen) atoms. The zero-order chi connectivity index (χ0) is 16.1. The van der Waals surface area contributed by atoms with Crippen molar-refractivity contribution in [1.82, 2.24) is 19.8 Å². The molecule has 0 radical (unpaired) electrons. The smallest absolute Gasteiger partial charge is 0.219 e. The Labute approximate surface area is 139 Å². The summed E-state index contributed by atoms with van der Waals surface area (Å²) in [5.74, 6) is 0.160. The predicted octanol–water partition coefficient (Wildman–Crippen LogP) is 2.62. The first kappa shape index (κ1) is 16.4. The van der Waals surface area contributed by atoms with Crippen LogP contribution in [0.2, 0.25) is 0 Å². The summed E-state index contributed by atoms with van der Waals surface area (Å²) in [6.45, 7) is 4.64. The molecule has 0 N–H and O–H groups in total. The number of likely N-dealkylation sites (tertiary alicyclic amines) is 1. The summed E-state index contributed by atoms with van der Waals surface area (Å²) < 4.78 is 0. The number of rotatable bonds is 4. The van der Waals surface area contributed by atoms with Crippen LogP contribution in [-0.4, -0.2) is 50.8 Å². The minimum Gasteiger partial charge on any atom is -0.335 e. The predicted molar refractivity (Wildman–Crippen MR) is 89.7 cm³/mol. The second-order valence-corrected chi connectivity index (χ2v) is 6.95. The van der Waals surface area contributed by atoms with E-state index in [2.05, 4.69) is 14.9 Å². The van der Waals surface area contributed by atoms with Crippen LogP contribution < -0.4 is 0 Å². The van der Waals surface area contributed by atoms with E-state index in [1.807, 2.05) is 17.3 Å². The van der Waals surface area contributed by atoms with E-state index in [1.54, 1.807) is 6.92 Å². The van der Waals surface area contributed by atoms with E-state index in [9.17, 15) is 4.79 Å². The quantitative estimate of drug-likeness (QED) is 0.857. The summed E-state index contributed by atoms with van der Waals surface area (Å²) in [6, 6.07) is 1.14. The molecule has 1 aliphatic carbocycles. The van der Waals surface area contributed by atoms with Gasteiger partial charge in [-0.2, -0.15) is 0 Å². The third kappa shape index (κ3) is 4.28. The zero-order valence-corrected chi connectivity index (χ0v) is 14.2. The normalized spacial score (nSPS) is 23.6. The Kier molecular flexibility index (Phi) is 5.60. The van der Waals surface area contributed by atoms with Crippen LogP contribution in [-0.2, 0) is 11.3 Å². The van der Waals surface area contributed by atoms with Gasteiger partial charge in [0.25, 0.3) is 0 Å². The van der Waals surface area contributed by atoms with Gasteiger partial charge in [0.05, 0.1) is 0 Å². The molecule has 1 atom stereocenters. The Hall–Kier alpha value is -1.49. The van der Waals surface area contributed by atoms with E-state index >= 15 is 0 Å². The van der Waals surface area contributed by atoms with Crippen molar-refractivity contribution >= 4 is 5.91 Å². The molecule has 1 saturated heterocycles. The van der Waals surface area contributed by atoms with E-state index in [0.717, 1.165) is 31.0 Å². The maximum absolute atomic E-state index is 12.2. The van der Waals surface area contributed by atoms with Crippen molar-refractivity contribution in [2.75, 3.05) is 13.1 Å². The number of hydrogen-bond acceptors (Lipinski definition) is 4. The molecule has 2 aliphatic rings. The fourth-order valence-corrected chi connectivity index (χ4v) is 4.15. The lowest BCUT2D eigenvalue weighted by molar-refractivity contribution is -0.132. The van der Waals surface area contributed by atoms with Crippen LogP contribution in [0.5, 0.6) is 0 Å². The third-order valence-electron chi connectivity index (χ3n) is 5.39. The maximum Gasteiger partial charge on any atom is 0.219 e. The highest BCUT2D eigenvalue weighted by atomic mass is 16.2. The van der Waals surface area contributed by atoms with Crippen LogP contribution >= 0.6 is 0 Å². The van der Waals surface area contributed by atoms with Crippen LogP contribution in [0.4, 0.5) is 0 Å². The molecule has 1 amide bonds. The lowest BCUT2D eigenvalue weighted by atomic mass is 10.1. The Morgan fingerprint density at radius 3 is 2.57 bits per heavy atom. The molecular formula is C18H28N4O. The first-order chi connectivity index (χ1) is 11.2.